The molecule has 1 fully saturated rings. The molecule has 1 aromatic heterocycles. The highest BCUT2D eigenvalue weighted by Gasteiger charge is 2.46. The molecule has 0 spiro atoms. The molecule has 0 aliphatic carbocycles. The van der Waals surface area contributed by atoms with Crippen molar-refractivity contribution < 1.29 is 42.5 Å². The van der Waals surface area contributed by atoms with Crippen LogP contribution in [-0.4, -0.2) is 59.4 Å². The fraction of sp³-hybridized carbons (Fsp3) is 0.378. The number of aryl methyl sites for hydroxylation is 1. The van der Waals surface area contributed by atoms with Crippen molar-refractivity contribution in [1.29, 1.82) is 0 Å². The van der Waals surface area contributed by atoms with Crippen molar-refractivity contribution in [2.45, 2.75) is 63.2 Å². The molecule has 0 bridgehead atoms. The number of esters is 1. The van der Waals surface area contributed by atoms with Gasteiger partial charge in [-0.05, 0) is 74.2 Å². The van der Waals surface area contributed by atoms with Crippen molar-refractivity contribution >= 4 is 26.0 Å². The molecule has 2 heterocycles. The third-order valence-corrected chi connectivity index (χ3v) is 9.81. The minimum absolute atomic E-state index is 0.00223. The first kappa shape index (κ1) is 38.1. The average molecular weight is 738 g/mol. The Hall–Kier alpha value is -4.10. The van der Waals surface area contributed by atoms with Crippen molar-refractivity contribution in [3.8, 4) is 11.5 Å². The summed E-state index contributed by atoms with van der Waals surface area (Å²) in [5.41, 5.74) is 0.611. The van der Waals surface area contributed by atoms with Crippen LogP contribution in [0.1, 0.15) is 55.7 Å². The Kier molecular flexibility index (Phi) is 12.3. The van der Waals surface area contributed by atoms with E-state index in [-0.39, 0.29) is 24.9 Å². The van der Waals surface area contributed by atoms with Crippen LogP contribution in [0.4, 0.5) is 0 Å². The van der Waals surface area contributed by atoms with Crippen LogP contribution in [0.2, 0.25) is 0 Å². The van der Waals surface area contributed by atoms with Crippen LogP contribution >= 0.6 is 20.0 Å². The second-order valence-electron chi connectivity index (χ2n) is 12.9. The minimum Gasteiger partial charge on any atom is -0.497 e. The quantitative estimate of drug-likeness (QED) is 0.0375. The van der Waals surface area contributed by atoms with E-state index < -0.39 is 43.4 Å². The Balaban J connectivity index is 1.46. The fourth-order valence-corrected chi connectivity index (χ4v) is 6.94. The topological polar surface area (TPSA) is 145 Å². The first-order valence-corrected chi connectivity index (χ1v) is 18.3. The number of benzene rings is 3. The highest BCUT2D eigenvalue weighted by Crippen LogP contribution is 2.43. The maximum atomic E-state index is 13.3. The second kappa shape index (κ2) is 16.5. The molecular formula is C37H42N2O10PS+. The molecule has 51 heavy (non-hydrogen) atoms. The Bertz CT molecular complexity index is 1820. The minimum atomic E-state index is -3.01. The smallest absolute Gasteiger partial charge is 0.497 e. The van der Waals surface area contributed by atoms with Crippen LogP contribution in [0.3, 0.4) is 0 Å². The summed E-state index contributed by atoms with van der Waals surface area (Å²) in [5.74, 6) is 0.972. The van der Waals surface area contributed by atoms with Crippen LogP contribution in [0.25, 0.3) is 0 Å². The number of carbonyl (C=O) groups excluding carboxylic acids is 1. The number of methoxy groups -OCH3 is 2. The molecule has 1 aliphatic heterocycles. The molecule has 1 saturated heterocycles. The van der Waals surface area contributed by atoms with Gasteiger partial charge in [-0.3, -0.25) is 9.36 Å². The standard InChI is InChI=1S/C37H41N2O10PS/c1-24-21-39(35(41)38-33(24)51-23-46-34(40)36(2,3)4)32-20-30(49-50(42)43)31(48-32)22-47-37(25-10-8-7-9-11-25,26-12-16-28(44-5)17-13-26)27-14-18-29(45-6)19-15-27/h7-19,21,30-32H,20,22-23H2,1-6H3/p+1/t30-,31+,32+/m0/s1. The van der Waals surface area contributed by atoms with E-state index in [0.717, 1.165) is 28.5 Å². The molecule has 4 aromatic rings. The van der Waals surface area contributed by atoms with Gasteiger partial charge < -0.3 is 23.7 Å². The van der Waals surface area contributed by atoms with Gasteiger partial charge in [0.25, 0.3) is 0 Å². The second-order valence-corrected chi connectivity index (χ2v) is 14.5. The molecule has 0 saturated carbocycles. The van der Waals surface area contributed by atoms with Crippen LogP contribution < -0.4 is 15.2 Å². The van der Waals surface area contributed by atoms with Gasteiger partial charge in [-0.15, -0.1) is 9.42 Å². The van der Waals surface area contributed by atoms with Gasteiger partial charge in [0, 0.05) is 17.2 Å². The maximum absolute atomic E-state index is 13.3. The van der Waals surface area contributed by atoms with Gasteiger partial charge in [0.2, 0.25) is 0 Å². The van der Waals surface area contributed by atoms with Crippen molar-refractivity contribution in [3.63, 3.8) is 0 Å². The van der Waals surface area contributed by atoms with E-state index >= 15 is 0 Å². The molecule has 1 N–H and O–H groups in total. The number of hydrogen-bond acceptors (Lipinski definition) is 11. The molecule has 12 nitrogen and oxygen atoms in total. The Morgan fingerprint density at radius 3 is 2.06 bits per heavy atom. The Labute approximate surface area is 302 Å². The number of carbonyl (C=O) groups is 1. The molecule has 0 radical (unpaired) electrons. The summed E-state index contributed by atoms with van der Waals surface area (Å²) in [4.78, 5) is 39.5. The zero-order valence-corrected chi connectivity index (χ0v) is 31.0. The van der Waals surface area contributed by atoms with Crippen molar-refractivity contribution in [2.24, 2.45) is 5.41 Å². The average Bonchev–Trinajstić information content (AvgIpc) is 3.51. The van der Waals surface area contributed by atoms with E-state index in [1.165, 1.54) is 4.57 Å². The summed E-state index contributed by atoms with van der Waals surface area (Å²) in [6.07, 6.45) is -0.949. The van der Waals surface area contributed by atoms with E-state index in [9.17, 15) is 19.0 Å². The lowest BCUT2D eigenvalue weighted by atomic mass is 9.80. The molecule has 14 heteroatoms. The van der Waals surface area contributed by atoms with Crippen molar-refractivity contribution in [1.82, 2.24) is 9.55 Å². The fourth-order valence-electron chi connectivity index (χ4n) is 5.79. The number of hydrogen-bond donors (Lipinski definition) is 1. The largest absolute Gasteiger partial charge is 0.695 e. The number of nitrogens with zero attached hydrogens (tertiary/aromatic N) is 2. The molecule has 0 amide bonds. The molecule has 1 unspecified atom stereocenters. The summed E-state index contributed by atoms with van der Waals surface area (Å²) in [6.45, 7) is 6.96. The predicted molar refractivity (Wildman–Crippen MR) is 191 cm³/mol. The zero-order chi connectivity index (χ0) is 36.8. The Morgan fingerprint density at radius 1 is 0.961 bits per heavy atom. The van der Waals surface area contributed by atoms with E-state index in [1.54, 1.807) is 48.1 Å². The summed E-state index contributed by atoms with van der Waals surface area (Å²) < 4.78 is 48.3. The first-order valence-electron chi connectivity index (χ1n) is 16.2. The monoisotopic (exact) mass is 737 g/mol. The summed E-state index contributed by atoms with van der Waals surface area (Å²) in [5, 5.41) is 0.411. The molecule has 270 valence electrons. The lowest BCUT2D eigenvalue weighted by molar-refractivity contribution is -0.150. The van der Waals surface area contributed by atoms with Gasteiger partial charge in [-0.2, -0.15) is 4.98 Å². The van der Waals surface area contributed by atoms with Gasteiger partial charge in [-0.1, -0.05) is 66.4 Å². The van der Waals surface area contributed by atoms with Crippen LogP contribution in [0.5, 0.6) is 11.5 Å². The molecular weight excluding hydrogens is 695 g/mol. The zero-order valence-electron chi connectivity index (χ0n) is 29.3. The number of thioether (sulfide) groups is 1. The van der Waals surface area contributed by atoms with Gasteiger partial charge in [0.15, 0.2) is 0 Å². The number of rotatable bonds is 14. The predicted octanol–water partition coefficient (Wildman–Crippen LogP) is 6.54. The first-order chi connectivity index (χ1) is 24.3. The summed E-state index contributed by atoms with van der Waals surface area (Å²) in [6, 6.07) is 24.8. The van der Waals surface area contributed by atoms with Gasteiger partial charge in [0.1, 0.15) is 46.5 Å². The SMILES string of the molecule is COc1ccc(C(OC[C@H]2O[C@@H](n3cc(C)c(SCOC(=O)C(C)(C)C)nc3=O)C[C@@H]2O[P+](=O)O)(c2ccccc2)c2ccc(OC)cc2)cc1. The van der Waals surface area contributed by atoms with Crippen LogP contribution in [0, 0.1) is 12.3 Å². The Morgan fingerprint density at radius 2 is 1.53 bits per heavy atom. The number of aromatic nitrogens is 2. The highest BCUT2D eigenvalue weighted by molar-refractivity contribution is 7.99. The maximum Gasteiger partial charge on any atom is 0.695 e. The van der Waals surface area contributed by atoms with E-state index in [0.29, 0.717) is 22.1 Å². The van der Waals surface area contributed by atoms with E-state index in [2.05, 4.69) is 4.98 Å². The van der Waals surface area contributed by atoms with Crippen molar-refractivity contribution in [3.05, 3.63) is 118 Å². The third kappa shape index (κ3) is 8.86. The molecule has 1 aliphatic rings. The lowest BCUT2D eigenvalue weighted by Gasteiger charge is -2.37. The molecule has 4 atom stereocenters. The van der Waals surface area contributed by atoms with Gasteiger partial charge in [-0.25, -0.2) is 4.79 Å². The number of ether oxygens (including phenoxy) is 5. The van der Waals surface area contributed by atoms with Crippen LogP contribution in [-0.2, 0) is 33.7 Å². The van der Waals surface area contributed by atoms with Crippen molar-refractivity contribution in [2.75, 3.05) is 26.8 Å². The molecule has 5 rings (SSSR count). The van der Waals surface area contributed by atoms with Crippen LogP contribution in [0.15, 0.2) is 94.9 Å². The normalized spacial score (nSPS) is 17.9. The van der Waals surface area contributed by atoms with Gasteiger partial charge in [0.05, 0.1) is 26.2 Å². The van der Waals surface area contributed by atoms with Gasteiger partial charge >= 0.3 is 19.9 Å². The van der Waals surface area contributed by atoms with E-state index in [4.69, 9.17) is 28.2 Å². The highest BCUT2D eigenvalue weighted by atomic mass is 32.2. The third-order valence-electron chi connectivity index (χ3n) is 8.44. The van der Waals surface area contributed by atoms with E-state index in [1.807, 2.05) is 78.9 Å². The molecule has 3 aromatic carbocycles. The summed E-state index contributed by atoms with van der Waals surface area (Å²) in [7, 11) is 0.183. The lowest BCUT2D eigenvalue weighted by Crippen LogP contribution is -2.38. The summed E-state index contributed by atoms with van der Waals surface area (Å²) >= 11 is 1.13.